The van der Waals surface area contributed by atoms with Crippen molar-refractivity contribution in [2.24, 2.45) is 0 Å². The van der Waals surface area contributed by atoms with E-state index in [9.17, 15) is 9.90 Å². The summed E-state index contributed by atoms with van der Waals surface area (Å²) < 4.78 is 7.40. The number of pyridine rings is 2. The summed E-state index contributed by atoms with van der Waals surface area (Å²) in [6.45, 7) is 13.0. The number of rotatable bonds is 7. The van der Waals surface area contributed by atoms with Gasteiger partial charge in [0.15, 0.2) is 11.4 Å². The molecule has 5 aromatic rings. The van der Waals surface area contributed by atoms with E-state index in [0.717, 1.165) is 17.0 Å². The molecular formula is C29H26N6O3. The lowest BCUT2D eigenvalue weighted by Crippen LogP contribution is -2.19. The fraction of sp³-hybridized carbons (Fsp3) is 0.207. The molecule has 1 aromatic carbocycles. The van der Waals surface area contributed by atoms with Crippen LogP contribution in [0.2, 0.25) is 0 Å². The number of nitrogens with one attached hydrogen (secondary N) is 1. The third-order valence-corrected chi connectivity index (χ3v) is 6.08. The van der Waals surface area contributed by atoms with Crippen LogP contribution in [0.4, 0.5) is 11.4 Å². The Morgan fingerprint density at radius 1 is 1.16 bits per heavy atom. The number of hydrogen-bond acceptors (Lipinski definition) is 6. The second-order valence-electron chi connectivity index (χ2n) is 9.72. The zero-order chi connectivity index (χ0) is 26.9. The van der Waals surface area contributed by atoms with Gasteiger partial charge in [0, 0.05) is 35.4 Å². The lowest BCUT2D eigenvalue weighted by atomic mass is 10.0. The molecule has 9 nitrogen and oxygen atoms in total. The molecule has 9 heteroatoms. The molecule has 2 N–H and O–H groups in total. The maximum atomic E-state index is 13.3. The predicted octanol–water partition coefficient (Wildman–Crippen LogP) is 5.87. The molecule has 0 aliphatic rings. The summed E-state index contributed by atoms with van der Waals surface area (Å²) >= 11 is 0. The Balaban J connectivity index is 1.52. The summed E-state index contributed by atoms with van der Waals surface area (Å²) in [7, 11) is 0. The van der Waals surface area contributed by atoms with Crippen molar-refractivity contribution in [3.8, 4) is 22.6 Å². The van der Waals surface area contributed by atoms with E-state index in [0.29, 0.717) is 46.9 Å². The number of oxazole rings is 1. The molecule has 1 amide bonds. The van der Waals surface area contributed by atoms with Crippen LogP contribution in [0.25, 0.3) is 33.1 Å². The molecule has 0 spiro atoms. The Morgan fingerprint density at radius 2 is 1.97 bits per heavy atom. The first-order valence-corrected chi connectivity index (χ1v) is 12.1. The van der Waals surface area contributed by atoms with Gasteiger partial charge in [0.25, 0.3) is 5.91 Å². The number of anilines is 1. The van der Waals surface area contributed by atoms with Crippen LogP contribution in [0.15, 0.2) is 71.7 Å². The standard InChI is InChI=1S/C29H26N6O3/c1-18-13-19(10-12-31-18)28-34-25(17-38-28)27(36)33-24-16-35-15-20(9-11-29(2,3)37)32-26(35)14-22(24)21-7-5-6-8-23(21)30-4/h5-8,10,12-17,37H,9,11H2,1-3H3,(H,33,36). The maximum Gasteiger partial charge on any atom is 0.277 e. The van der Waals surface area contributed by atoms with Crippen molar-refractivity contribution in [2.75, 3.05) is 5.32 Å². The number of aliphatic hydroxyl groups is 1. The fourth-order valence-electron chi connectivity index (χ4n) is 4.14. The van der Waals surface area contributed by atoms with E-state index in [-0.39, 0.29) is 5.69 Å². The van der Waals surface area contributed by atoms with Crippen molar-refractivity contribution < 1.29 is 14.3 Å². The highest BCUT2D eigenvalue weighted by Crippen LogP contribution is 2.36. The van der Waals surface area contributed by atoms with Gasteiger partial charge in [0.1, 0.15) is 11.9 Å². The second-order valence-corrected chi connectivity index (χ2v) is 9.72. The van der Waals surface area contributed by atoms with E-state index in [4.69, 9.17) is 16.0 Å². The molecule has 4 heterocycles. The Hall–Kier alpha value is -4.81. The van der Waals surface area contributed by atoms with Crippen molar-refractivity contribution in [3.05, 3.63) is 95.8 Å². The van der Waals surface area contributed by atoms with Crippen LogP contribution < -0.4 is 5.32 Å². The van der Waals surface area contributed by atoms with E-state index < -0.39 is 11.5 Å². The minimum Gasteiger partial charge on any atom is -0.444 e. The van der Waals surface area contributed by atoms with Crippen molar-refractivity contribution in [3.63, 3.8) is 0 Å². The zero-order valence-electron chi connectivity index (χ0n) is 21.3. The molecule has 0 saturated carbocycles. The Bertz CT molecular complexity index is 1690. The van der Waals surface area contributed by atoms with Gasteiger partial charge in [0.2, 0.25) is 5.89 Å². The monoisotopic (exact) mass is 506 g/mol. The minimum atomic E-state index is -0.805. The van der Waals surface area contributed by atoms with Crippen LogP contribution in [0.1, 0.15) is 42.1 Å². The van der Waals surface area contributed by atoms with Gasteiger partial charge in [0.05, 0.1) is 23.6 Å². The highest BCUT2D eigenvalue weighted by atomic mass is 16.3. The van der Waals surface area contributed by atoms with E-state index in [1.807, 2.05) is 41.8 Å². The molecule has 4 aromatic heterocycles. The van der Waals surface area contributed by atoms with Crippen LogP contribution >= 0.6 is 0 Å². The number of hydrogen-bond donors (Lipinski definition) is 2. The summed E-state index contributed by atoms with van der Waals surface area (Å²) in [6.07, 6.45) is 7.78. The average Bonchev–Trinajstić information content (AvgIpc) is 3.54. The summed E-state index contributed by atoms with van der Waals surface area (Å²) in [5, 5.41) is 13.1. The predicted molar refractivity (Wildman–Crippen MR) is 144 cm³/mol. The Kier molecular flexibility index (Phi) is 6.49. The molecule has 38 heavy (non-hydrogen) atoms. The molecule has 0 unspecified atom stereocenters. The number of benzene rings is 1. The number of aromatic nitrogens is 4. The molecule has 0 fully saturated rings. The highest BCUT2D eigenvalue weighted by molar-refractivity contribution is 6.06. The summed E-state index contributed by atoms with van der Waals surface area (Å²) in [5.41, 5.74) is 4.61. The number of carbonyl (C=O) groups excluding carboxylic acids is 1. The Labute approximate surface area is 219 Å². The van der Waals surface area contributed by atoms with E-state index in [2.05, 4.69) is 20.1 Å². The lowest BCUT2D eigenvalue weighted by molar-refractivity contribution is 0.0711. The number of nitrogens with zero attached hydrogens (tertiary/aromatic N) is 5. The topological polar surface area (TPSA) is 110 Å². The number of imidazole rings is 1. The van der Waals surface area contributed by atoms with Crippen molar-refractivity contribution in [1.82, 2.24) is 19.4 Å². The van der Waals surface area contributed by atoms with E-state index in [1.165, 1.54) is 6.26 Å². The summed E-state index contributed by atoms with van der Waals surface area (Å²) in [5.74, 6) is -0.130. The maximum absolute atomic E-state index is 13.3. The van der Waals surface area contributed by atoms with Gasteiger partial charge in [-0.2, -0.15) is 0 Å². The van der Waals surface area contributed by atoms with Crippen LogP contribution in [0, 0.1) is 13.5 Å². The van der Waals surface area contributed by atoms with Gasteiger partial charge in [-0.1, -0.05) is 24.3 Å². The highest BCUT2D eigenvalue weighted by Gasteiger charge is 2.19. The third kappa shape index (κ3) is 5.31. The number of fused-ring (bicyclic) bond motifs is 1. The first-order valence-electron chi connectivity index (χ1n) is 12.1. The molecule has 0 atom stereocenters. The fourth-order valence-corrected chi connectivity index (χ4v) is 4.14. The quantitative estimate of drug-likeness (QED) is 0.267. The normalized spacial score (nSPS) is 11.4. The number of para-hydroxylation sites is 1. The van der Waals surface area contributed by atoms with E-state index >= 15 is 0 Å². The minimum absolute atomic E-state index is 0.121. The van der Waals surface area contributed by atoms with Crippen molar-refractivity contribution >= 4 is 22.9 Å². The van der Waals surface area contributed by atoms with Crippen LogP contribution in [0.3, 0.4) is 0 Å². The van der Waals surface area contributed by atoms with Crippen LogP contribution in [0.5, 0.6) is 0 Å². The van der Waals surface area contributed by atoms with Gasteiger partial charge >= 0.3 is 0 Å². The molecule has 0 saturated heterocycles. The van der Waals surface area contributed by atoms with Gasteiger partial charge in [-0.15, -0.1) is 0 Å². The largest absolute Gasteiger partial charge is 0.444 e. The van der Waals surface area contributed by atoms with Crippen molar-refractivity contribution in [1.29, 1.82) is 0 Å². The smallest absolute Gasteiger partial charge is 0.277 e. The van der Waals surface area contributed by atoms with Crippen LogP contribution in [-0.4, -0.2) is 36.0 Å². The van der Waals surface area contributed by atoms with Gasteiger partial charge in [-0.05, 0) is 57.4 Å². The zero-order valence-corrected chi connectivity index (χ0v) is 21.3. The van der Waals surface area contributed by atoms with Crippen molar-refractivity contribution in [2.45, 2.75) is 39.2 Å². The molecular weight excluding hydrogens is 480 g/mol. The van der Waals surface area contributed by atoms with E-state index in [1.54, 1.807) is 44.4 Å². The number of amides is 1. The SMILES string of the molecule is [C-]#[N+]c1ccccc1-c1cc2nc(CCC(C)(C)O)cn2cc1NC(=O)c1coc(-c2ccnc(C)c2)n1. The van der Waals surface area contributed by atoms with Crippen LogP contribution in [-0.2, 0) is 6.42 Å². The summed E-state index contributed by atoms with van der Waals surface area (Å²) in [6, 6.07) is 12.7. The molecule has 0 bridgehead atoms. The molecule has 0 aliphatic carbocycles. The van der Waals surface area contributed by atoms with Gasteiger partial charge in [-0.3, -0.25) is 9.78 Å². The van der Waals surface area contributed by atoms with Gasteiger partial charge in [-0.25, -0.2) is 14.8 Å². The molecule has 0 aliphatic heterocycles. The lowest BCUT2D eigenvalue weighted by Gasteiger charge is -2.15. The Morgan fingerprint density at radius 3 is 2.74 bits per heavy atom. The number of aryl methyl sites for hydroxylation is 2. The molecule has 0 radical (unpaired) electrons. The summed E-state index contributed by atoms with van der Waals surface area (Å²) in [4.78, 5) is 30.2. The average molecular weight is 507 g/mol. The second kappa shape index (κ2) is 9.92. The molecule has 5 rings (SSSR count). The number of carbonyl (C=O) groups is 1. The first-order chi connectivity index (χ1) is 18.2. The first kappa shape index (κ1) is 24.9. The third-order valence-electron chi connectivity index (χ3n) is 6.08. The molecule has 190 valence electrons. The van der Waals surface area contributed by atoms with Gasteiger partial charge < -0.3 is 19.2 Å².